The summed E-state index contributed by atoms with van der Waals surface area (Å²) in [4.78, 5) is 22.0. The summed E-state index contributed by atoms with van der Waals surface area (Å²) in [5, 5.41) is 0. The molecule has 70 valence electrons. The molecular weight excluding hydrogens is 156 g/mol. The third kappa shape index (κ3) is 3.03. The maximum atomic E-state index is 11.1. The highest BCUT2D eigenvalue weighted by atomic mass is 16.5. The van der Waals surface area contributed by atoms with Crippen LogP contribution in [0.2, 0.25) is 0 Å². The van der Waals surface area contributed by atoms with E-state index < -0.39 is 0 Å². The molecule has 0 unspecified atom stereocenters. The average molecular weight is 172 g/mol. The Morgan fingerprint density at radius 3 is 2.08 bits per heavy atom. The van der Waals surface area contributed by atoms with Crippen LogP contribution in [0.25, 0.3) is 0 Å². The quantitative estimate of drug-likeness (QED) is 0.602. The molecule has 0 aliphatic heterocycles. The van der Waals surface area contributed by atoms with Gasteiger partial charge in [0.2, 0.25) is 0 Å². The van der Waals surface area contributed by atoms with E-state index in [0.717, 1.165) is 0 Å². The standard InChI is InChI=1S/C9H16O3/c1-5-12-9(11)7(3)6(2)8(4)10/h6-7H,5H2,1-4H3/t6-,7+/m0/s1. The third-order valence-corrected chi connectivity index (χ3v) is 2.05. The van der Waals surface area contributed by atoms with Crippen LogP contribution in [-0.4, -0.2) is 18.4 Å². The summed E-state index contributed by atoms with van der Waals surface area (Å²) in [7, 11) is 0. The minimum absolute atomic E-state index is 0.0237. The van der Waals surface area contributed by atoms with E-state index in [1.54, 1.807) is 20.8 Å². The van der Waals surface area contributed by atoms with E-state index in [0.29, 0.717) is 6.61 Å². The number of Topliss-reactive ketones (excluding diaryl/α,β-unsaturated/α-hetero) is 1. The second-order valence-corrected chi connectivity index (χ2v) is 2.94. The Balaban J connectivity index is 4.09. The van der Waals surface area contributed by atoms with Gasteiger partial charge in [0.05, 0.1) is 12.5 Å². The number of carbonyl (C=O) groups excluding carboxylic acids is 2. The lowest BCUT2D eigenvalue weighted by Crippen LogP contribution is -2.25. The second kappa shape index (κ2) is 4.91. The van der Waals surface area contributed by atoms with E-state index in [9.17, 15) is 9.59 Å². The Morgan fingerprint density at radius 2 is 1.75 bits per heavy atom. The number of carbonyl (C=O) groups is 2. The van der Waals surface area contributed by atoms with E-state index in [1.807, 2.05) is 0 Å². The maximum Gasteiger partial charge on any atom is 0.309 e. The summed E-state index contributed by atoms with van der Waals surface area (Å²) in [5.41, 5.74) is 0. The highest BCUT2D eigenvalue weighted by Gasteiger charge is 2.24. The van der Waals surface area contributed by atoms with Crippen LogP contribution in [0.15, 0.2) is 0 Å². The van der Waals surface area contributed by atoms with Gasteiger partial charge in [-0.05, 0) is 13.8 Å². The smallest absolute Gasteiger partial charge is 0.309 e. The van der Waals surface area contributed by atoms with Gasteiger partial charge >= 0.3 is 5.97 Å². The first-order chi connectivity index (χ1) is 5.50. The molecule has 0 radical (unpaired) electrons. The van der Waals surface area contributed by atoms with Crippen molar-refractivity contribution in [3.8, 4) is 0 Å². The molecule has 0 aliphatic carbocycles. The number of rotatable bonds is 4. The Kier molecular flexibility index (Phi) is 4.55. The van der Waals surface area contributed by atoms with Gasteiger partial charge in [0.25, 0.3) is 0 Å². The molecule has 0 spiro atoms. The molecule has 0 aliphatic rings. The minimum Gasteiger partial charge on any atom is -0.466 e. The molecule has 3 heteroatoms. The molecule has 0 saturated carbocycles. The summed E-state index contributed by atoms with van der Waals surface area (Å²) < 4.78 is 4.78. The van der Waals surface area contributed by atoms with Crippen LogP contribution in [-0.2, 0) is 14.3 Å². The zero-order valence-corrected chi connectivity index (χ0v) is 8.09. The number of ketones is 1. The van der Waals surface area contributed by atoms with Crippen molar-refractivity contribution in [1.82, 2.24) is 0 Å². The second-order valence-electron chi connectivity index (χ2n) is 2.94. The molecule has 0 N–H and O–H groups in total. The van der Waals surface area contributed by atoms with Gasteiger partial charge < -0.3 is 4.74 Å². The van der Waals surface area contributed by atoms with Crippen LogP contribution in [0.5, 0.6) is 0 Å². The number of hydrogen-bond donors (Lipinski definition) is 0. The fraction of sp³-hybridized carbons (Fsp3) is 0.778. The van der Waals surface area contributed by atoms with Crippen LogP contribution in [0.1, 0.15) is 27.7 Å². The van der Waals surface area contributed by atoms with E-state index in [1.165, 1.54) is 6.92 Å². The first-order valence-electron chi connectivity index (χ1n) is 4.17. The zero-order valence-electron chi connectivity index (χ0n) is 8.09. The van der Waals surface area contributed by atoms with Crippen molar-refractivity contribution in [2.75, 3.05) is 6.61 Å². The van der Waals surface area contributed by atoms with Gasteiger partial charge in [-0.15, -0.1) is 0 Å². The first kappa shape index (κ1) is 11.1. The number of esters is 1. The lowest BCUT2D eigenvalue weighted by Gasteiger charge is -2.14. The van der Waals surface area contributed by atoms with Crippen LogP contribution < -0.4 is 0 Å². The van der Waals surface area contributed by atoms with E-state index in [-0.39, 0.29) is 23.6 Å². The molecule has 0 bridgehead atoms. The van der Waals surface area contributed by atoms with Crippen molar-refractivity contribution in [3.63, 3.8) is 0 Å². The van der Waals surface area contributed by atoms with Gasteiger partial charge in [0, 0.05) is 5.92 Å². The van der Waals surface area contributed by atoms with Crippen molar-refractivity contribution < 1.29 is 14.3 Å². The van der Waals surface area contributed by atoms with E-state index in [4.69, 9.17) is 4.74 Å². The molecule has 0 rings (SSSR count). The molecule has 0 heterocycles. The predicted molar refractivity (Wildman–Crippen MR) is 45.6 cm³/mol. The van der Waals surface area contributed by atoms with Crippen LogP contribution in [0.4, 0.5) is 0 Å². The Morgan fingerprint density at radius 1 is 1.25 bits per heavy atom. The summed E-state index contributed by atoms with van der Waals surface area (Å²) in [6, 6.07) is 0. The summed E-state index contributed by atoms with van der Waals surface area (Å²) in [6.07, 6.45) is 0. The third-order valence-electron chi connectivity index (χ3n) is 2.05. The summed E-state index contributed by atoms with van der Waals surface area (Å²) in [6.45, 7) is 7.06. The molecule has 2 atom stereocenters. The van der Waals surface area contributed by atoms with Gasteiger partial charge in [0.1, 0.15) is 5.78 Å². The average Bonchev–Trinajstić information content (AvgIpc) is 2.02. The summed E-state index contributed by atoms with van der Waals surface area (Å²) in [5.74, 6) is -0.845. The highest BCUT2D eigenvalue weighted by Crippen LogP contribution is 2.13. The van der Waals surface area contributed by atoms with Crippen LogP contribution in [0.3, 0.4) is 0 Å². The van der Waals surface area contributed by atoms with Crippen molar-refractivity contribution >= 4 is 11.8 Å². The van der Waals surface area contributed by atoms with Crippen LogP contribution >= 0.6 is 0 Å². The van der Waals surface area contributed by atoms with Crippen LogP contribution in [0, 0.1) is 11.8 Å². The molecule has 0 fully saturated rings. The fourth-order valence-corrected chi connectivity index (χ4v) is 0.830. The van der Waals surface area contributed by atoms with E-state index >= 15 is 0 Å². The van der Waals surface area contributed by atoms with Crippen molar-refractivity contribution in [2.24, 2.45) is 11.8 Å². The normalized spacial score (nSPS) is 15.0. The van der Waals surface area contributed by atoms with Gasteiger partial charge in [0.15, 0.2) is 0 Å². The Bertz CT molecular complexity index is 175. The molecule has 0 aromatic heterocycles. The minimum atomic E-state index is -0.331. The first-order valence-corrected chi connectivity index (χ1v) is 4.17. The van der Waals surface area contributed by atoms with Gasteiger partial charge in [-0.1, -0.05) is 13.8 Å². The lowest BCUT2D eigenvalue weighted by atomic mass is 9.93. The molecule has 3 nitrogen and oxygen atoms in total. The van der Waals surface area contributed by atoms with Gasteiger partial charge in [-0.2, -0.15) is 0 Å². The molecule has 0 amide bonds. The van der Waals surface area contributed by atoms with Gasteiger partial charge in [-0.25, -0.2) is 0 Å². The lowest BCUT2D eigenvalue weighted by molar-refractivity contribution is -0.151. The largest absolute Gasteiger partial charge is 0.466 e. The fourth-order valence-electron chi connectivity index (χ4n) is 0.830. The Labute approximate surface area is 73.1 Å². The number of ether oxygens (including phenoxy) is 1. The van der Waals surface area contributed by atoms with Crippen molar-refractivity contribution in [3.05, 3.63) is 0 Å². The van der Waals surface area contributed by atoms with E-state index in [2.05, 4.69) is 0 Å². The molecule has 0 saturated heterocycles. The number of hydrogen-bond acceptors (Lipinski definition) is 3. The Hall–Kier alpha value is -0.860. The predicted octanol–water partition coefficient (Wildman–Crippen LogP) is 1.41. The molecule has 0 aromatic carbocycles. The monoisotopic (exact) mass is 172 g/mol. The van der Waals surface area contributed by atoms with Crippen molar-refractivity contribution in [1.29, 1.82) is 0 Å². The molecular formula is C9H16O3. The topological polar surface area (TPSA) is 43.4 Å². The summed E-state index contributed by atoms with van der Waals surface area (Å²) >= 11 is 0. The molecule has 0 aromatic rings. The van der Waals surface area contributed by atoms with Gasteiger partial charge in [-0.3, -0.25) is 9.59 Å². The SMILES string of the molecule is CCOC(=O)[C@H](C)[C@H](C)C(C)=O. The highest BCUT2D eigenvalue weighted by molar-refractivity contribution is 5.84. The maximum absolute atomic E-state index is 11.1. The van der Waals surface area contributed by atoms with Crippen molar-refractivity contribution in [2.45, 2.75) is 27.7 Å². The zero-order chi connectivity index (χ0) is 9.72. The molecule has 12 heavy (non-hydrogen) atoms.